The van der Waals surface area contributed by atoms with Gasteiger partial charge in [-0.15, -0.1) is 0 Å². The summed E-state index contributed by atoms with van der Waals surface area (Å²) in [7, 11) is 0. The monoisotopic (exact) mass is 314 g/mol. The average Bonchev–Trinajstić information content (AvgIpc) is 2.41. The number of primary amides is 1. The Morgan fingerprint density at radius 3 is 2.38 bits per heavy atom. The number of urea groups is 2. The summed E-state index contributed by atoms with van der Waals surface area (Å²) in [6.07, 6.45) is 0. The van der Waals surface area contributed by atoms with Gasteiger partial charge in [-0.1, -0.05) is 29.8 Å². The van der Waals surface area contributed by atoms with Crippen LogP contribution in [0.25, 0.3) is 0 Å². The minimum absolute atomic E-state index is 0.101. The molecular formula is C12H15ClN4O4. The fourth-order valence-electron chi connectivity index (χ4n) is 1.53. The van der Waals surface area contributed by atoms with E-state index in [1.54, 1.807) is 12.1 Å². The van der Waals surface area contributed by atoms with E-state index in [1.807, 2.05) is 0 Å². The van der Waals surface area contributed by atoms with Gasteiger partial charge in [0, 0.05) is 23.7 Å². The first-order valence-electron chi connectivity index (χ1n) is 5.96. The highest BCUT2D eigenvalue weighted by atomic mass is 35.5. The molecule has 0 spiro atoms. The molecule has 0 heterocycles. The summed E-state index contributed by atoms with van der Waals surface area (Å²) in [4.78, 5) is 33.3. The number of rotatable bonds is 6. The molecule has 6 N–H and O–H groups in total. The van der Waals surface area contributed by atoms with Gasteiger partial charge in [-0.3, -0.25) is 0 Å². The lowest BCUT2D eigenvalue weighted by molar-refractivity contribution is -0.139. The summed E-state index contributed by atoms with van der Waals surface area (Å²) in [5.74, 6) is -1.24. The Labute approximate surface area is 125 Å². The number of nitrogens with two attached hydrogens (primary N) is 1. The van der Waals surface area contributed by atoms with Gasteiger partial charge < -0.3 is 26.8 Å². The standard InChI is InChI=1S/C12H15ClN4O4/c13-8-4-2-1-3-7(8)9(10(18)19)17-12(21)16-6-5-15-11(14)20/h1-4,9H,5-6H2,(H,18,19)(H3,14,15,20)(H2,16,17,21)/t9-/m1/s1. The molecule has 9 heteroatoms. The van der Waals surface area contributed by atoms with Gasteiger partial charge in [0.2, 0.25) is 0 Å². The van der Waals surface area contributed by atoms with Crippen LogP contribution in [0.15, 0.2) is 24.3 Å². The number of hydrogen-bond donors (Lipinski definition) is 5. The number of amides is 4. The molecule has 0 radical (unpaired) electrons. The number of carbonyl (C=O) groups excluding carboxylic acids is 2. The lowest BCUT2D eigenvalue weighted by Crippen LogP contribution is -2.44. The highest BCUT2D eigenvalue weighted by Gasteiger charge is 2.23. The molecular weight excluding hydrogens is 300 g/mol. The van der Waals surface area contributed by atoms with Crippen LogP contribution in [-0.2, 0) is 4.79 Å². The van der Waals surface area contributed by atoms with Gasteiger partial charge in [-0.25, -0.2) is 14.4 Å². The van der Waals surface area contributed by atoms with E-state index in [1.165, 1.54) is 12.1 Å². The molecule has 0 unspecified atom stereocenters. The maximum Gasteiger partial charge on any atom is 0.331 e. The van der Waals surface area contributed by atoms with E-state index in [-0.39, 0.29) is 23.7 Å². The normalized spacial score (nSPS) is 11.3. The second kappa shape index (κ2) is 7.95. The molecule has 0 aliphatic rings. The van der Waals surface area contributed by atoms with E-state index in [4.69, 9.17) is 22.4 Å². The molecule has 0 bridgehead atoms. The van der Waals surface area contributed by atoms with Gasteiger partial charge in [-0.05, 0) is 6.07 Å². The average molecular weight is 315 g/mol. The highest BCUT2D eigenvalue weighted by molar-refractivity contribution is 6.31. The summed E-state index contributed by atoms with van der Waals surface area (Å²) in [5, 5.41) is 16.4. The molecule has 0 aromatic heterocycles. The van der Waals surface area contributed by atoms with Crippen LogP contribution >= 0.6 is 11.6 Å². The van der Waals surface area contributed by atoms with Gasteiger partial charge in [0.1, 0.15) is 0 Å². The van der Waals surface area contributed by atoms with Gasteiger partial charge >= 0.3 is 18.0 Å². The Bertz CT molecular complexity index is 538. The molecule has 0 saturated heterocycles. The summed E-state index contributed by atoms with van der Waals surface area (Å²) < 4.78 is 0. The van der Waals surface area contributed by atoms with E-state index in [9.17, 15) is 14.4 Å². The van der Waals surface area contributed by atoms with Crippen molar-refractivity contribution in [2.75, 3.05) is 13.1 Å². The zero-order chi connectivity index (χ0) is 15.8. The largest absolute Gasteiger partial charge is 0.479 e. The number of aliphatic carboxylic acids is 1. The number of benzene rings is 1. The predicted molar refractivity (Wildman–Crippen MR) is 75.9 cm³/mol. The van der Waals surface area contributed by atoms with Crippen molar-refractivity contribution in [2.24, 2.45) is 5.73 Å². The number of carboxylic acids is 1. The third-order valence-electron chi connectivity index (χ3n) is 2.45. The molecule has 1 aromatic rings. The van der Waals surface area contributed by atoms with Crippen LogP contribution in [0, 0.1) is 0 Å². The van der Waals surface area contributed by atoms with Gasteiger partial charge in [0.05, 0.1) is 0 Å². The Balaban J connectivity index is 2.59. The first-order valence-corrected chi connectivity index (χ1v) is 6.34. The van der Waals surface area contributed by atoms with E-state index in [0.29, 0.717) is 0 Å². The zero-order valence-corrected chi connectivity index (χ0v) is 11.7. The summed E-state index contributed by atoms with van der Waals surface area (Å²) in [6.45, 7) is 0.232. The molecule has 0 saturated carbocycles. The van der Waals surface area contributed by atoms with Crippen LogP contribution in [0.4, 0.5) is 9.59 Å². The van der Waals surface area contributed by atoms with Crippen LogP contribution in [0.3, 0.4) is 0 Å². The fourth-order valence-corrected chi connectivity index (χ4v) is 1.77. The Morgan fingerprint density at radius 2 is 1.81 bits per heavy atom. The lowest BCUT2D eigenvalue weighted by Gasteiger charge is -2.16. The van der Waals surface area contributed by atoms with Crippen molar-refractivity contribution in [3.8, 4) is 0 Å². The third kappa shape index (κ3) is 5.57. The van der Waals surface area contributed by atoms with E-state index in [0.717, 1.165) is 0 Å². The van der Waals surface area contributed by atoms with Gasteiger partial charge in [0.25, 0.3) is 0 Å². The van der Waals surface area contributed by atoms with Crippen molar-refractivity contribution >= 4 is 29.6 Å². The maximum absolute atomic E-state index is 11.6. The molecule has 0 fully saturated rings. The Hall–Kier alpha value is -2.48. The first kappa shape index (κ1) is 16.6. The summed E-state index contributed by atoms with van der Waals surface area (Å²) in [5.41, 5.74) is 5.13. The zero-order valence-electron chi connectivity index (χ0n) is 10.9. The van der Waals surface area contributed by atoms with Crippen LogP contribution in [0.1, 0.15) is 11.6 Å². The molecule has 114 valence electrons. The van der Waals surface area contributed by atoms with Crippen molar-refractivity contribution in [1.82, 2.24) is 16.0 Å². The van der Waals surface area contributed by atoms with Gasteiger partial charge in [-0.2, -0.15) is 0 Å². The van der Waals surface area contributed by atoms with Crippen molar-refractivity contribution in [1.29, 1.82) is 0 Å². The van der Waals surface area contributed by atoms with E-state index >= 15 is 0 Å². The number of halogens is 1. The molecule has 0 aliphatic heterocycles. The molecule has 1 aromatic carbocycles. The van der Waals surface area contributed by atoms with Crippen LogP contribution in [0.5, 0.6) is 0 Å². The lowest BCUT2D eigenvalue weighted by atomic mass is 10.1. The van der Waals surface area contributed by atoms with Crippen LogP contribution in [0.2, 0.25) is 5.02 Å². The Kier molecular flexibility index (Phi) is 6.28. The number of hydrogen-bond acceptors (Lipinski definition) is 3. The second-order valence-electron chi connectivity index (χ2n) is 3.98. The molecule has 4 amide bonds. The molecule has 21 heavy (non-hydrogen) atoms. The second-order valence-corrected chi connectivity index (χ2v) is 4.39. The highest BCUT2D eigenvalue weighted by Crippen LogP contribution is 2.22. The van der Waals surface area contributed by atoms with E-state index in [2.05, 4.69) is 16.0 Å². The molecule has 1 atom stereocenters. The molecule has 0 aliphatic carbocycles. The fraction of sp³-hybridized carbons (Fsp3) is 0.250. The van der Waals surface area contributed by atoms with Crippen molar-refractivity contribution in [3.63, 3.8) is 0 Å². The summed E-state index contributed by atoms with van der Waals surface area (Å²) >= 11 is 5.91. The van der Waals surface area contributed by atoms with Crippen molar-refractivity contribution < 1.29 is 19.5 Å². The first-order chi connectivity index (χ1) is 9.91. The quantitative estimate of drug-likeness (QED) is 0.487. The van der Waals surface area contributed by atoms with Crippen molar-refractivity contribution in [2.45, 2.75) is 6.04 Å². The van der Waals surface area contributed by atoms with Crippen molar-refractivity contribution in [3.05, 3.63) is 34.9 Å². The Morgan fingerprint density at radius 1 is 1.19 bits per heavy atom. The maximum atomic E-state index is 11.6. The molecule has 1 rings (SSSR count). The smallest absolute Gasteiger partial charge is 0.331 e. The molecule has 8 nitrogen and oxygen atoms in total. The SMILES string of the molecule is NC(=O)NCCNC(=O)N[C@@H](C(=O)O)c1ccccc1Cl. The minimum Gasteiger partial charge on any atom is -0.479 e. The van der Waals surface area contributed by atoms with E-state index < -0.39 is 24.1 Å². The van der Waals surface area contributed by atoms with Crippen LogP contribution in [-0.4, -0.2) is 36.2 Å². The minimum atomic E-state index is -1.28. The summed E-state index contributed by atoms with van der Waals surface area (Å²) in [6, 6.07) is 3.63. The van der Waals surface area contributed by atoms with Crippen LogP contribution < -0.4 is 21.7 Å². The topological polar surface area (TPSA) is 134 Å². The number of carbonyl (C=O) groups is 3. The van der Waals surface area contributed by atoms with Gasteiger partial charge in [0.15, 0.2) is 6.04 Å². The third-order valence-corrected chi connectivity index (χ3v) is 2.79. The number of nitrogens with one attached hydrogen (secondary N) is 3. The number of carboxylic acid groups (broad SMARTS) is 1. The predicted octanol–water partition coefficient (Wildman–Crippen LogP) is 0.433.